The Labute approximate surface area is 119 Å². The van der Waals surface area contributed by atoms with Gasteiger partial charge in [0, 0.05) is 11.6 Å². The van der Waals surface area contributed by atoms with Gasteiger partial charge in [-0.05, 0) is 44.6 Å². The first-order valence-corrected chi connectivity index (χ1v) is 6.92. The third kappa shape index (κ3) is 3.61. The molecule has 0 saturated carbocycles. The molecule has 1 fully saturated rings. The number of benzene rings is 1. The SMILES string of the molecule is CN1CCCCC1COc1ccc(C(=N)N)c(Cl)c1. The first-order valence-electron chi connectivity index (χ1n) is 6.55. The lowest BCUT2D eigenvalue weighted by molar-refractivity contribution is 0.125. The molecule has 0 bridgehead atoms. The molecule has 1 aliphatic rings. The van der Waals surface area contributed by atoms with E-state index in [1.165, 1.54) is 19.3 Å². The third-order valence-corrected chi connectivity index (χ3v) is 3.91. The number of nitrogen functional groups attached to an aromatic ring is 1. The third-order valence-electron chi connectivity index (χ3n) is 3.59. The normalized spacial score (nSPS) is 20.2. The summed E-state index contributed by atoms with van der Waals surface area (Å²) in [6, 6.07) is 5.73. The van der Waals surface area contributed by atoms with E-state index in [1.807, 2.05) is 6.07 Å². The molecule has 2 rings (SSSR count). The topological polar surface area (TPSA) is 62.3 Å². The fourth-order valence-electron chi connectivity index (χ4n) is 2.35. The Bertz CT molecular complexity index is 464. The van der Waals surface area contributed by atoms with Gasteiger partial charge in [0.2, 0.25) is 0 Å². The molecule has 1 aromatic carbocycles. The fraction of sp³-hybridized carbons (Fsp3) is 0.500. The smallest absolute Gasteiger partial charge is 0.124 e. The second-order valence-corrected chi connectivity index (χ2v) is 5.40. The number of hydrogen-bond acceptors (Lipinski definition) is 3. The van der Waals surface area contributed by atoms with Gasteiger partial charge >= 0.3 is 0 Å². The summed E-state index contributed by atoms with van der Waals surface area (Å²) in [4.78, 5) is 2.34. The number of likely N-dealkylation sites (N-methyl/N-ethyl adjacent to an activating group) is 1. The molecule has 1 aromatic rings. The summed E-state index contributed by atoms with van der Waals surface area (Å²) in [5.41, 5.74) is 5.97. The largest absolute Gasteiger partial charge is 0.492 e. The van der Waals surface area contributed by atoms with E-state index < -0.39 is 0 Å². The lowest BCUT2D eigenvalue weighted by Gasteiger charge is -2.32. The van der Waals surface area contributed by atoms with E-state index in [0.717, 1.165) is 12.3 Å². The van der Waals surface area contributed by atoms with Crippen molar-refractivity contribution in [3.63, 3.8) is 0 Å². The summed E-state index contributed by atoms with van der Waals surface area (Å²) in [6.07, 6.45) is 3.71. The predicted octanol–water partition coefficient (Wildman–Crippen LogP) is 2.49. The van der Waals surface area contributed by atoms with Gasteiger partial charge in [-0.2, -0.15) is 0 Å². The molecule has 1 heterocycles. The highest BCUT2D eigenvalue weighted by atomic mass is 35.5. The highest BCUT2D eigenvalue weighted by molar-refractivity contribution is 6.34. The van der Waals surface area contributed by atoms with Gasteiger partial charge in [0.1, 0.15) is 18.2 Å². The summed E-state index contributed by atoms with van der Waals surface area (Å²) in [5.74, 6) is 0.706. The van der Waals surface area contributed by atoms with Gasteiger partial charge in [0.25, 0.3) is 0 Å². The molecule has 1 saturated heterocycles. The average Bonchev–Trinajstić information content (AvgIpc) is 2.37. The van der Waals surface area contributed by atoms with Crippen molar-refractivity contribution in [2.24, 2.45) is 5.73 Å². The van der Waals surface area contributed by atoms with E-state index in [-0.39, 0.29) is 5.84 Å². The van der Waals surface area contributed by atoms with Crippen LogP contribution in [0, 0.1) is 5.41 Å². The van der Waals surface area contributed by atoms with Crippen LogP contribution < -0.4 is 10.5 Å². The van der Waals surface area contributed by atoms with Crippen LogP contribution in [-0.2, 0) is 0 Å². The van der Waals surface area contributed by atoms with Crippen molar-refractivity contribution in [3.05, 3.63) is 28.8 Å². The number of amidine groups is 1. The number of likely N-dealkylation sites (tertiary alicyclic amines) is 1. The number of nitrogens with zero attached hydrogens (tertiary/aromatic N) is 1. The van der Waals surface area contributed by atoms with Crippen molar-refractivity contribution in [2.75, 3.05) is 20.2 Å². The monoisotopic (exact) mass is 281 g/mol. The Morgan fingerprint density at radius 2 is 2.32 bits per heavy atom. The highest BCUT2D eigenvalue weighted by Crippen LogP contribution is 2.23. The summed E-state index contributed by atoms with van der Waals surface area (Å²) < 4.78 is 5.79. The average molecular weight is 282 g/mol. The number of piperidine rings is 1. The predicted molar refractivity (Wildman–Crippen MR) is 78.2 cm³/mol. The molecule has 0 radical (unpaired) electrons. The number of nitrogens with one attached hydrogen (secondary N) is 1. The maximum atomic E-state index is 7.38. The van der Waals surface area contributed by atoms with Crippen LogP contribution in [0.25, 0.3) is 0 Å². The molecule has 1 atom stereocenters. The molecule has 3 N–H and O–H groups in total. The van der Waals surface area contributed by atoms with Crippen LogP contribution in [0.2, 0.25) is 5.02 Å². The van der Waals surface area contributed by atoms with Crippen molar-refractivity contribution in [1.82, 2.24) is 4.90 Å². The summed E-state index contributed by atoms with van der Waals surface area (Å²) >= 11 is 6.06. The van der Waals surface area contributed by atoms with Gasteiger partial charge in [-0.25, -0.2) is 0 Å². The van der Waals surface area contributed by atoms with Crippen LogP contribution in [0.15, 0.2) is 18.2 Å². The van der Waals surface area contributed by atoms with Gasteiger partial charge in [0.05, 0.1) is 5.02 Å². The van der Waals surface area contributed by atoms with Crippen LogP contribution in [0.3, 0.4) is 0 Å². The number of halogens is 1. The zero-order valence-corrected chi connectivity index (χ0v) is 11.9. The molecule has 104 valence electrons. The molecular weight excluding hydrogens is 262 g/mol. The van der Waals surface area contributed by atoms with E-state index in [9.17, 15) is 0 Å². The van der Waals surface area contributed by atoms with E-state index in [2.05, 4.69) is 11.9 Å². The number of hydrogen-bond donors (Lipinski definition) is 2. The van der Waals surface area contributed by atoms with Crippen molar-refractivity contribution in [2.45, 2.75) is 25.3 Å². The summed E-state index contributed by atoms with van der Waals surface area (Å²) in [6.45, 7) is 1.81. The van der Waals surface area contributed by atoms with Crippen molar-refractivity contribution < 1.29 is 4.74 Å². The Balaban J connectivity index is 1.96. The van der Waals surface area contributed by atoms with Gasteiger partial charge in [0.15, 0.2) is 0 Å². The first-order chi connectivity index (χ1) is 9.08. The second kappa shape index (κ2) is 6.26. The maximum absolute atomic E-state index is 7.38. The molecule has 0 spiro atoms. The molecular formula is C14H20ClN3O. The van der Waals surface area contributed by atoms with Gasteiger partial charge in [-0.1, -0.05) is 18.0 Å². The number of nitrogens with two attached hydrogens (primary N) is 1. The Hall–Kier alpha value is -1.26. The first kappa shape index (κ1) is 14.2. The van der Waals surface area contributed by atoms with Crippen molar-refractivity contribution in [1.29, 1.82) is 5.41 Å². The maximum Gasteiger partial charge on any atom is 0.124 e. The number of rotatable bonds is 4. The standard InChI is InChI=1S/C14H20ClN3O/c1-18-7-3-2-4-10(18)9-19-11-5-6-12(14(16)17)13(15)8-11/h5-6,8,10H,2-4,7,9H2,1H3,(H3,16,17). The summed E-state index contributed by atoms with van der Waals surface area (Å²) in [7, 11) is 2.14. The van der Waals surface area contributed by atoms with Crippen LogP contribution in [0.4, 0.5) is 0 Å². The minimum absolute atomic E-state index is 0.0245. The molecule has 4 nitrogen and oxygen atoms in total. The van der Waals surface area contributed by atoms with Crippen LogP contribution in [-0.4, -0.2) is 37.0 Å². The van der Waals surface area contributed by atoms with Gasteiger partial charge in [-0.15, -0.1) is 0 Å². The van der Waals surface area contributed by atoms with Crippen molar-refractivity contribution >= 4 is 17.4 Å². The molecule has 1 aliphatic heterocycles. The lowest BCUT2D eigenvalue weighted by atomic mass is 10.0. The molecule has 1 unspecified atom stereocenters. The zero-order chi connectivity index (χ0) is 13.8. The molecule has 0 aliphatic carbocycles. The number of ether oxygens (including phenoxy) is 1. The Kier molecular flexibility index (Phi) is 4.66. The summed E-state index contributed by atoms with van der Waals surface area (Å²) in [5, 5.41) is 7.84. The van der Waals surface area contributed by atoms with Crippen LogP contribution >= 0.6 is 11.6 Å². The quantitative estimate of drug-likeness (QED) is 0.658. The van der Waals surface area contributed by atoms with E-state index >= 15 is 0 Å². The Morgan fingerprint density at radius 3 is 2.95 bits per heavy atom. The highest BCUT2D eigenvalue weighted by Gasteiger charge is 2.19. The molecule has 19 heavy (non-hydrogen) atoms. The second-order valence-electron chi connectivity index (χ2n) is 5.00. The van der Waals surface area contributed by atoms with Gasteiger partial charge in [-0.3, -0.25) is 5.41 Å². The fourth-order valence-corrected chi connectivity index (χ4v) is 2.62. The molecule has 5 heteroatoms. The molecule has 0 aromatic heterocycles. The van der Waals surface area contributed by atoms with E-state index in [1.54, 1.807) is 12.1 Å². The van der Waals surface area contributed by atoms with Gasteiger partial charge < -0.3 is 15.4 Å². The van der Waals surface area contributed by atoms with E-state index in [0.29, 0.717) is 23.2 Å². The Morgan fingerprint density at radius 1 is 1.53 bits per heavy atom. The van der Waals surface area contributed by atoms with E-state index in [4.69, 9.17) is 27.5 Å². The van der Waals surface area contributed by atoms with Crippen LogP contribution in [0.5, 0.6) is 5.75 Å². The minimum Gasteiger partial charge on any atom is -0.492 e. The lowest BCUT2D eigenvalue weighted by Crippen LogP contribution is -2.40. The molecule has 0 amide bonds. The van der Waals surface area contributed by atoms with Crippen molar-refractivity contribution in [3.8, 4) is 5.75 Å². The minimum atomic E-state index is -0.0245. The zero-order valence-electron chi connectivity index (χ0n) is 11.2. The van der Waals surface area contributed by atoms with Crippen LogP contribution in [0.1, 0.15) is 24.8 Å².